The van der Waals surface area contributed by atoms with E-state index in [9.17, 15) is 14.5 Å². The highest BCUT2D eigenvalue weighted by atomic mass is 31.1. The molecule has 10 heteroatoms. The standard InChI is InChI=1S/C17H19N4O5P.CH4/c22-9-12-6-13(7-14(12)26-27(24)25)20-15-8-16(19-10-18-15)21-17(23)11-4-2-1-3-5-11;/h1-5,8,10,12-14,22H,6-7,9H2,(H2-,18,19,20,21,23,24,25);1H4/p+1/t12-,13-,14+;/m1./s1. The van der Waals surface area contributed by atoms with Gasteiger partial charge in [0.25, 0.3) is 5.91 Å². The molecule has 1 unspecified atom stereocenters. The van der Waals surface area contributed by atoms with E-state index < -0.39 is 14.4 Å². The summed E-state index contributed by atoms with van der Waals surface area (Å²) in [5.41, 5.74) is 0.519. The van der Waals surface area contributed by atoms with Crippen LogP contribution >= 0.6 is 8.25 Å². The van der Waals surface area contributed by atoms with E-state index in [1.54, 1.807) is 30.3 Å². The third kappa shape index (κ3) is 5.77. The summed E-state index contributed by atoms with van der Waals surface area (Å²) in [5.74, 6) is 0.350. The Morgan fingerprint density at radius 3 is 2.61 bits per heavy atom. The first-order valence-electron chi connectivity index (χ1n) is 8.44. The number of carbonyl (C=O) groups excluding carboxylic acids is 1. The lowest BCUT2D eigenvalue weighted by molar-refractivity contribution is 0.102. The van der Waals surface area contributed by atoms with Crippen LogP contribution in [0.2, 0.25) is 0 Å². The van der Waals surface area contributed by atoms with Crippen LogP contribution < -0.4 is 10.6 Å². The Morgan fingerprint density at radius 2 is 1.93 bits per heavy atom. The van der Waals surface area contributed by atoms with Crippen LogP contribution in [0, 0.1) is 5.92 Å². The van der Waals surface area contributed by atoms with Crippen molar-refractivity contribution in [3.05, 3.63) is 48.3 Å². The first kappa shape index (κ1) is 21.8. The summed E-state index contributed by atoms with van der Waals surface area (Å²) < 4.78 is 15.9. The SMILES string of the molecule is C.O=C(Nc1cc(N[C@@H]2C[C@H](CO)[C@@H](O[P+](=O)O)C2)ncn1)c1ccccc1. The molecule has 1 saturated carbocycles. The van der Waals surface area contributed by atoms with E-state index in [1.165, 1.54) is 6.33 Å². The van der Waals surface area contributed by atoms with Gasteiger partial charge in [-0.3, -0.25) is 4.79 Å². The maximum Gasteiger partial charge on any atom is 0.695 e. The maximum absolute atomic E-state index is 12.2. The third-order valence-corrected chi connectivity index (χ3v) is 4.84. The van der Waals surface area contributed by atoms with E-state index in [1.807, 2.05) is 6.07 Å². The summed E-state index contributed by atoms with van der Waals surface area (Å²) in [4.78, 5) is 29.3. The van der Waals surface area contributed by atoms with Gasteiger partial charge in [-0.1, -0.05) is 25.6 Å². The van der Waals surface area contributed by atoms with Gasteiger partial charge in [0, 0.05) is 34.8 Å². The summed E-state index contributed by atoms with van der Waals surface area (Å²) in [6.07, 6.45) is 1.86. The zero-order chi connectivity index (χ0) is 19.2. The fraction of sp³-hybridized carbons (Fsp3) is 0.389. The average Bonchev–Trinajstić information content (AvgIpc) is 3.03. The summed E-state index contributed by atoms with van der Waals surface area (Å²) in [5, 5.41) is 15.3. The Kier molecular flexibility index (Phi) is 7.95. The fourth-order valence-electron chi connectivity index (χ4n) is 3.13. The van der Waals surface area contributed by atoms with Crippen molar-refractivity contribution in [3.8, 4) is 0 Å². The van der Waals surface area contributed by atoms with Crippen molar-refractivity contribution < 1.29 is 23.9 Å². The van der Waals surface area contributed by atoms with Crippen molar-refractivity contribution in [3.63, 3.8) is 0 Å². The first-order valence-corrected chi connectivity index (χ1v) is 9.57. The predicted molar refractivity (Wildman–Crippen MR) is 105 cm³/mol. The molecule has 0 radical (unpaired) electrons. The van der Waals surface area contributed by atoms with E-state index >= 15 is 0 Å². The number of aromatic nitrogens is 2. The number of anilines is 2. The molecule has 1 fully saturated rings. The van der Waals surface area contributed by atoms with Crippen molar-refractivity contribution in [1.29, 1.82) is 0 Å². The molecular weight excluding hydrogens is 383 g/mol. The van der Waals surface area contributed by atoms with E-state index in [-0.39, 0.29) is 31.9 Å². The summed E-state index contributed by atoms with van der Waals surface area (Å²) >= 11 is 0. The second-order valence-corrected chi connectivity index (χ2v) is 6.93. The fourth-order valence-corrected chi connectivity index (χ4v) is 3.62. The number of hydrogen-bond donors (Lipinski definition) is 4. The molecule has 28 heavy (non-hydrogen) atoms. The Morgan fingerprint density at radius 1 is 1.21 bits per heavy atom. The topological polar surface area (TPSA) is 134 Å². The monoisotopic (exact) mass is 407 g/mol. The van der Waals surface area contributed by atoms with Crippen molar-refractivity contribution in [2.45, 2.75) is 32.4 Å². The number of nitrogens with one attached hydrogen (secondary N) is 2. The molecule has 4 atom stereocenters. The number of rotatable bonds is 7. The van der Waals surface area contributed by atoms with Crippen molar-refractivity contribution >= 4 is 25.8 Å². The Bertz CT molecular complexity index is 808. The highest BCUT2D eigenvalue weighted by Crippen LogP contribution is 2.35. The normalized spacial score (nSPS) is 21.5. The molecule has 9 nitrogen and oxygen atoms in total. The van der Waals surface area contributed by atoms with E-state index in [2.05, 4.69) is 20.6 Å². The molecule has 4 N–H and O–H groups in total. The molecule has 1 aromatic carbocycles. The van der Waals surface area contributed by atoms with Gasteiger partial charge in [-0.2, -0.15) is 0 Å². The van der Waals surface area contributed by atoms with Crippen LogP contribution in [0.3, 0.4) is 0 Å². The molecule has 0 saturated heterocycles. The second kappa shape index (κ2) is 10.2. The Hall–Kier alpha value is -2.45. The molecule has 0 bridgehead atoms. The Labute approximate surface area is 164 Å². The van der Waals surface area contributed by atoms with Crippen LogP contribution in [0.1, 0.15) is 30.6 Å². The summed E-state index contributed by atoms with van der Waals surface area (Å²) in [7, 11) is -2.72. The van der Waals surface area contributed by atoms with Gasteiger partial charge in [-0.15, -0.1) is 9.42 Å². The quantitative estimate of drug-likeness (QED) is 0.515. The third-order valence-electron chi connectivity index (χ3n) is 4.39. The van der Waals surface area contributed by atoms with Crippen molar-refractivity contribution in [2.24, 2.45) is 5.92 Å². The van der Waals surface area contributed by atoms with Gasteiger partial charge in [0.05, 0.1) is 0 Å². The molecule has 1 heterocycles. The lowest BCUT2D eigenvalue weighted by Gasteiger charge is -2.13. The zero-order valence-electron chi connectivity index (χ0n) is 14.4. The lowest BCUT2D eigenvalue weighted by atomic mass is 10.1. The molecule has 1 aliphatic carbocycles. The van der Waals surface area contributed by atoms with Gasteiger partial charge in [0.2, 0.25) is 0 Å². The minimum absolute atomic E-state index is 0. The summed E-state index contributed by atoms with van der Waals surface area (Å²) in [6.45, 7) is -0.131. The summed E-state index contributed by atoms with van der Waals surface area (Å²) in [6, 6.07) is 10.3. The van der Waals surface area contributed by atoms with Gasteiger partial charge >= 0.3 is 8.25 Å². The molecule has 150 valence electrons. The molecule has 3 rings (SSSR count). The number of benzene rings is 1. The molecule has 1 aromatic heterocycles. The lowest BCUT2D eigenvalue weighted by Crippen LogP contribution is -2.19. The number of hydrogen-bond acceptors (Lipinski definition) is 7. The highest BCUT2D eigenvalue weighted by molar-refractivity contribution is 7.32. The van der Waals surface area contributed by atoms with E-state index in [0.717, 1.165) is 0 Å². The average molecular weight is 407 g/mol. The van der Waals surface area contributed by atoms with Gasteiger partial charge in [0.15, 0.2) is 0 Å². The van der Waals surface area contributed by atoms with Gasteiger partial charge in [0.1, 0.15) is 24.1 Å². The molecule has 0 spiro atoms. The zero-order valence-corrected chi connectivity index (χ0v) is 15.3. The molecule has 1 aliphatic rings. The molecule has 0 aliphatic heterocycles. The van der Waals surface area contributed by atoms with Crippen LogP contribution in [0.25, 0.3) is 0 Å². The van der Waals surface area contributed by atoms with Gasteiger partial charge in [-0.25, -0.2) is 9.97 Å². The minimum Gasteiger partial charge on any atom is -0.396 e. The van der Waals surface area contributed by atoms with Crippen LogP contribution in [-0.2, 0) is 9.09 Å². The largest absolute Gasteiger partial charge is 0.695 e. The van der Waals surface area contributed by atoms with Crippen LogP contribution in [0.5, 0.6) is 0 Å². The number of aliphatic hydroxyl groups is 1. The number of amides is 1. The van der Waals surface area contributed by atoms with Gasteiger partial charge in [-0.05, 0) is 25.0 Å². The number of nitrogens with zero attached hydrogens (tertiary/aromatic N) is 2. The molecular formula is C18H24N4O5P+. The minimum atomic E-state index is -2.72. The van der Waals surface area contributed by atoms with Crippen LogP contribution in [0.15, 0.2) is 42.7 Å². The highest BCUT2D eigenvalue weighted by Gasteiger charge is 2.40. The molecule has 2 aromatic rings. The van der Waals surface area contributed by atoms with Crippen LogP contribution in [-0.4, -0.2) is 44.6 Å². The van der Waals surface area contributed by atoms with Crippen molar-refractivity contribution in [2.75, 3.05) is 17.2 Å². The smallest absolute Gasteiger partial charge is 0.396 e. The predicted octanol–water partition coefficient (Wildman–Crippen LogP) is 2.58. The van der Waals surface area contributed by atoms with Crippen LogP contribution in [0.4, 0.5) is 11.6 Å². The number of aliphatic hydroxyl groups excluding tert-OH is 1. The first-order chi connectivity index (χ1) is 13.0. The van der Waals surface area contributed by atoms with Crippen molar-refractivity contribution in [1.82, 2.24) is 9.97 Å². The Balaban J connectivity index is 0.00000280. The van der Waals surface area contributed by atoms with Gasteiger partial charge < -0.3 is 15.7 Å². The second-order valence-electron chi connectivity index (χ2n) is 6.25. The maximum atomic E-state index is 12.2. The van der Waals surface area contributed by atoms with E-state index in [4.69, 9.17) is 9.42 Å². The van der Waals surface area contributed by atoms with E-state index in [0.29, 0.717) is 30.0 Å². The number of carbonyl (C=O) groups is 1. The molecule has 1 amide bonds.